The van der Waals surface area contributed by atoms with E-state index in [0.29, 0.717) is 24.2 Å². The van der Waals surface area contributed by atoms with Crippen LogP contribution in [0.2, 0.25) is 0 Å². The van der Waals surface area contributed by atoms with Gasteiger partial charge < -0.3 is 9.84 Å². The third kappa shape index (κ3) is 3.08. The third-order valence-corrected chi connectivity index (χ3v) is 7.04. The zero-order valence-electron chi connectivity index (χ0n) is 12.1. The SMILES string of the molecule is O=S(=O)(c1ccccc1Br)N1CC(O)C(N2CCOCC2)C1. The maximum absolute atomic E-state index is 12.8. The fourth-order valence-corrected chi connectivity index (χ4v) is 5.43. The van der Waals surface area contributed by atoms with Gasteiger partial charge in [0, 0.05) is 30.7 Å². The first-order valence-corrected chi connectivity index (χ1v) is 9.48. The zero-order chi connectivity index (χ0) is 15.7. The second kappa shape index (κ2) is 6.54. The topological polar surface area (TPSA) is 70.1 Å². The molecule has 0 bridgehead atoms. The Hall–Kier alpha value is -0.510. The molecule has 2 heterocycles. The molecule has 2 unspecified atom stereocenters. The van der Waals surface area contributed by atoms with Crippen LogP contribution in [-0.4, -0.2) is 74.3 Å². The predicted octanol–water partition coefficient (Wildman–Crippen LogP) is 0.515. The summed E-state index contributed by atoms with van der Waals surface area (Å²) in [6.45, 7) is 3.15. The van der Waals surface area contributed by atoms with Gasteiger partial charge in [0.2, 0.25) is 10.0 Å². The number of rotatable bonds is 3. The summed E-state index contributed by atoms with van der Waals surface area (Å²) in [6, 6.07) is 6.59. The van der Waals surface area contributed by atoms with Crippen molar-refractivity contribution in [2.45, 2.75) is 17.0 Å². The highest BCUT2D eigenvalue weighted by molar-refractivity contribution is 9.10. The molecule has 2 atom stereocenters. The van der Waals surface area contributed by atoms with Crippen LogP contribution < -0.4 is 0 Å². The lowest BCUT2D eigenvalue weighted by Crippen LogP contribution is -2.49. The molecule has 3 rings (SSSR count). The summed E-state index contributed by atoms with van der Waals surface area (Å²) < 4.78 is 32.8. The van der Waals surface area contributed by atoms with Crippen molar-refractivity contribution in [3.63, 3.8) is 0 Å². The van der Waals surface area contributed by atoms with Gasteiger partial charge in [0.15, 0.2) is 0 Å². The lowest BCUT2D eigenvalue weighted by Gasteiger charge is -2.33. The minimum absolute atomic E-state index is 0.131. The summed E-state index contributed by atoms with van der Waals surface area (Å²) in [5, 5.41) is 10.3. The van der Waals surface area contributed by atoms with Gasteiger partial charge in [-0.1, -0.05) is 12.1 Å². The quantitative estimate of drug-likeness (QED) is 0.814. The van der Waals surface area contributed by atoms with Crippen molar-refractivity contribution in [3.8, 4) is 0 Å². The van der Waals surface area contributed by atoms with Gasteiger partial charge in [-0.05, 0) is 28.1 Å². The molecule has 1 aromatic carbocycles. The van der Waals surface area contributed by atoms with Crippen molar-refractivity contribution in [1.82, 2.24) is 9.21 Å². The second-order valence-electron chi connectivity index (χ2n) is 5.54. The van der Waals surface area contributed by atoms with E-state index in [1.807, 2.05) is 0 Å². The van der Waals surface area contributed by atoms with E-state index in [2.05, 4.69) is 20.8 Å². The number of aliphatic hydroxyl groups is 1. The number of β-amino-alcohol motifs (C(OH)–C–C–N with tert-alkyl or cyclic N) is 1. The number of benzene rings is 1. The van der Waals surface area contributed by atoms with Crippen LogP contribution in [0.5, 0.6) is 0 Å². The van der Waals surface area contributed by atoms with Crippen LogP contribution in [0.1, 0.15) is 0 Å². The van der Waals surface area contributed by atoms with Gasteiger partial charge in [-0.15, -0.1) is 0 Å². The lowest BCUT2D eigenvalue weighted by molar-refractivity contribution is -0.00602. The van der Waals surface area contributed by atoms with Crippen LogP contribution >= 0.6 is 15.9 Å². The van der Waals surface area contributed by atoms with Crippen molar-refractivity contribution in [3.05, 3.63) is 28.7 Å². The number of hydrogen-bond donors (Lipinski definition) is 1. The number of halogens is 1. The predicted molar refractivity (Wildman–Crippen MR) is 85.1 cm³/mol. The van der Waals surface area contributed by atoms with E-state index in [1.165, 1.54) is 4.31 Å². The van der Waals surface area contributed by atoms with E-state index in [9.17, 15) is 13.5 Å². The van der Waals surface area contributed by atoms with E-state index >= 15 is 0 Å². The fourth-order valence-electron chi connectivity index (χ4n) is 2.99. The standard InChI is InChI=1S/C14H19BrN2O4S/c15-11-3-1-2-4-14(11)22(19,20)17-9-12(13(18)10-17)16-5-7-21-8-6-16/h1-4,12-13,18H,5-10H2. The average Bonchev–Trinajstić information content (AvgIpc) is 2.91. The van der Waals surface area contributed by atoms with Crippen LogP contribution in [-0.2, 0) is 14.8 Å². The van der Waals surface area contributed by atoms with Crippen molar-refractivity contribution in [1.29, 1.82) is 0 Å². The number of hydrogen-bond acceptors (Lipinski definition) is 5. The fraction of sp³-hybridized carbons (Fsp3) is 0.571. The van der Waals surface area contributed by atoms with Crippen molar-refractivity contribution in [2.24, 2.45) is 0 Å². The highest BCUT2D eigenvalue weighted by Gasteiger charge is 2.41. The van der Waals surface area contributed by atoms with E-state index in [-0.39, 0.29) is 17.5 Å². The number of aliphatic hydroxyl groups excluding tert-OH is 1. The smallest absolute Gasteiger partial charge is 0.244 e. The minimum atomic E-state index is -3.61. The molecule has 2 fully saturated rings. The van der Waals surface area contributed by atoms with Crippen LogP contribution in [0.25, 0.3) is 0 Å². The summed E-state index contributed by atoms with van der Waals surface area (Å²) in [5.74, 6) is 0. The number of morpholine rings is 1. The second-order valence-corrected chi connectivity index (χ2v) is 8.30. The Kier molecular flexibility index (Phi) is 4.86. The van der Waals surface area contributed by atoms with Gasteiger partial charge in [0.05, 0.1) is 30.3 Å². The minimum Gasteiger partial charge on any atom is -0.390 e. The Morgan fingerprint density at radius 1 is 1.18 bits per heavy atom. The molecule has 0 amide bonds. The third-order valence-electron chi connectivity index (χ3n) is 4.19. The molecule has 0 spiro atoms. The summed E-state index contributed by atoms with van der Waals surface area (Å²) in [6.07, 6.45) is -0.671. The molecule has 2 saturated heterocycles. The zero-order valence-corrected chi connectivity index (χ0v) is 14.5. The first-order chi connectivity index (χ1) is 10.5. The first kappa shape index (κ1) is 16.4. The Bertz CT molecular complexity index is 633. The monoisotopic (exact) mass is 390 g/mol. The number of sulfonamides is 1. The molecular formula is C14H19BrN2O4S. The highest BCUT2D eigenvalue weighted by atomic mass is 79.9. The molecule has 0 aromatic heterocycles. The summed E-state index contributed by atoms with van der Waals surface area (Å²) in [7, 11) is -3.61. The molecule has 6 nitrogen and oxygen atoms in total. The molecule has 0 saturated carbocycles. The van der Waals surface area contributed by atoms with E-state index in [4.69, 9.17) is 4.74 Å². The normalized spacial score (nSPS) is 28.1. The highest BCUT2D eigenvalue weighted by Crippen LogP contribution is 2.28. The number of ether oxygens (including phenoxy) is 1. The van der Waals surface area contributed by atoms with Crippen LogP contribution in [0.3, 0.4) is 0 Å². The molecule has 0 radical (unpaired) electrons. The largest absolute Gasteiger partial charge is 0.390 e. The first-order valence-electron chi connectivity index (χ1n) is 7.24. The van der Waals surface area contributed by atoms with Gasteiger partial charge in [0.25, 0.3) is 0 Å². The lowest BCUT2D eigenvalue weighted by atomic mass is 10.2. The molecule has 2 aliphatic heterocycles. The van der Waals surface area contributed by atoms with E-state index in [1.54, 1.807) is 24.3 Å². The Morgan fingerprint density at radius 2 is 1.86 bits per heavy atom. The molecular weight excluding hydrogens is 372 g/mol. The summed E-state index contributed by atoms with van der Waals surface area (Å²) in [4.78, 5) is 2.36. The molecule has 1 aromatic rings. The van der Waals surface area contributed by atoms with Gasteiger partial charge in [-0.25, -0.2) is 8.42 Å². The van der Waals surface area contributed by atoms with Gasteiger partial charge in [-0.3, -0.25) is 4.90 Å². The molecule has 122 valence electrons. The Balaban J connectivity index is 1.80. The summed E-state index contributed by atoms with van der Waals surface area (Å²) >= 11 is 3.29. The average molecular weight is 391 g/mol. The molecule has 8 heteroatoms. The van der Waals surface area contributed by atoms with Crippen LogP contribution in [0.15, 0.2) is 33.6 Å². The Labute approximate surface area is 138 Å². The van der Waals surface area contributed by atoms with Gasteiger partial charge in [-0.2, -0.15) is 4.31 Å². The van der Waals surface area contributed by atoms with Crippen LogP contribution in [0.4, 0.5) is 0 Å². The van der Waals surface area contributed by atoms with E-state index in [0.717, 1.165) is 13.1 Å². The summed E-state index contributed by atoms with van der Waals surface area (Å²) in [5.41, 5.74) is 0. The maximum Gasteiger partial charge on any atom is 0.244 e. The van der Waals surface area contributed by atoms with Gasteiger partial charge >= 0.3 is 0 Å². The van der Waals surface area contributed by atoms with E-state index < -0.39 is 16.1 Å². The molecule has 1 N–H and O–H groups in total. The van der Waals surface area contributed by atoms with Crippen molar-refractivity contribution >= 4 is 26.0 Å². The molecule has 2 aliphatic rings. The molecule has 0 aliphatic carbocycles. The van der Waals surface area contributed by atoms with Crippen molar-refractivity contribution < 1.29 is 18.3 Å². The van der Waals surface area contributed by atoms with Crippen LogP contribution in [0, 0.1) is 0 Å². The van der Waals surface area contributed by atoms with Gasteiger partial charge in [0.1, 0.15) is 0 Å². The Morgan fingerprint density at radius 3 is 2.55 bits per heavy atom. The van der Waals surface area contributed by atoms with Crippen molar-refractivity contribution in [2.75, 3.05) is 39.4 Å². The maximum atomic E-state index is 12.8. The molecule has 22 heavy (non-hydrogen) atoms. The number of nitrogens with zero attached hydrogens (tertiary/aromatic N) is 2.